The van der Waals surface area contributed by atoms with E-state index in [4.69, 9.17) is 0 Å². The quantitative estimate of drug-likeness (QED) is 0.647. The minimum Gasteiger partial charge on any atom is -0.310 e. The van der Waals surface area contributed by atoms with Crippen molar-refractivity contribution < 1.29 is 0 Å². The van der Waals surface area contributed by atoms with Crippen LogP contribution in [0.1, 0.15) is 70.6 Å². The van der Waals surface area contributed by atoms with E-state index in [1.54, 1.807) is 0 Å². The number of aromatic nitrogens is 2. The molecule has 110 valence electrons. The number of aryl methyl sites for hydroxylation is 2. The van der Waals surface area contributed by atoms with E-state index in [1.165, 1.54) is 49.8 Å². The molecule has 3 heteroatoms. The van der Waals surface area contributed by atoms with Crippen molar-refractivity contribution in [3.63, 3.8) is 0 Å². The molecule has 0 radical (unpaired) electrons. The molecule has 3 nitrogen and oxygen atoms in total. The lowest BCUT2D eigenvalue weighted by Gasteiger charge is -2.06. The van der Waals surface area contributed by atoms with E-state index in [1.807, 2.05) is 0 Å². The third-order valence-electron chi connectivity index (χ3n) is 3.49. The Bertz CT molecular complexity index is 342. The highest BCUT2D eigenvalue weighted by Gasteiger charge is 2.05. The summed E-state index contributed by atoms with van der Waals surface area (Å²) < 4.78 is 2.12. The minimum atomic E-state index is 0.529. The van der Waals surface area contributed by atoms with Crippen molar-refractivity contribution in [3.05, 3.63) is 17.5 Å². The van der Waals surface area contributed by atoms with E-state index in [0.29, 0.717) is 6.04 Å². The van der Waals surface area contributed by atoms with Gasteiger partial charge in [0.15, 0.2) is 0 Å². The Balaban J connectivity index is 2.25. The van der Waals surface area contributed by atoms with Crippen LogP contribution in [0.15, 0.2) is 6.20 Å². The standard InChI is InChI=1S/C16H31N3/c1-5-6-7-8-9-10-11-19-13-16(15(4)18-19)12-17-14(2)3/h13-14,17H,5-12H2,1-4H3. The monoisotopic (exact) mass is 265 g/mol. The molecule has 0 amide bonds. The van der Waals surface area contributed by atoms with Crippen molar-refractivity contribution in [3.8, 4) is 0 Å². The van der Waals surface area contributed by atoms with Gasteiger partial charge < -0.3 is 5.32 Å². The zero-order valence-electron chi connectivity index (χ0n) is 13.2. The number of hydrogen-bond donors (Lipinski definition) is 1. The normalized spacial score (nSPS) is 11.4. The van der Waals surface area contributed by atoms with Gasteiger partial charge in [0.25, 0.3) is 0 Å². The van der Waals surface area contributed by atoms with Gasteiger partial charge in [0.1, 0.15) is 0 Å². The van der Waals surface area contributed by atoms with Gasteiger partial charge in [-0.2, -0.15) is 5.10 Å². The minimum absolute atomic E-state index is 0.529. The molecule has 0 bridgehead atoms. The lowest BCUT2D eigenvalue weighted by atomic mass is 10.1. The molecule has 1 heterocycles. The Morgan fingerprint density at radius 1 is 1.16 bits per heavy atom. The predicted molar refractivity (Wildman–Crippen MR) is 82.3 cm³/mol. The lowest BCUT2D eigenvalue weighted by Crippen LogP contribution is -2.21. The molecule has 0 saturated carbocycles. The summed E-state index contributed by atoms with van der Waals surface area (Å²) in [5, 5.41) is 8.05. The van der Waals surface area contributed by atoms with Gasteiger partial charge in [0.05, 0.1) is 5.69 Å². The Morgan fingerprint density at radius 3 is 2.53 bits per heavy atom. The Morgan fingerprint density at radius 2 is 1.84 bits per heavy atom. The maximum atomic E-state index is 4.60. The third kappa shape index (κ3) is 6.76. The van der Waals surface area contributed by atoms with Crippen molar-refractivity contribution in [2.45, 2.75) is 85.4 Å². The Kier molecular flexibility index (Phi) is 7.80. The molecule has 1 rings (SSSR count). The first kappa shape index (κ1) is 16.2. The van der Waals surface area contributed by atoms with Crippen LogP contribution in [0.25, 0.3) is 0 Å². The molecule has 0 atom stereocenters. The maximum Gasteiger partial charge on any atom is 0.0638 e. The van der Waals surface area contributed by atoms with Crippen molar-refractivity contribution in [2.24, 2.45) is 0 Å². The summed E-state index contributed by atoms with van der Waals surface area (Å²) in [6.45, 7) is 10.7. The molecule has 0 aliphatic heterocycles. The Labute approximate surface area is 118 Å². The molecule has 0 unspecified atom stereocenters. The summed E-state index contributed by atoms with van der Waals surface area (Å²) in [4.78, 5) is 0. The third-order valence-corrected chi connectivity index (χ3v) is 3.49. The van der Waals surface area contributed by atoms with Crippen LogP contribution in [-0.4, -0.2) is 15.8 Å². The number of nitrogens with one attached hydrogen (secondary N) is 1. The molecule has 1 N–H and O–H groups in total. The summed E-state index contributed by atoms with van der Waals surface area (Å²) in [5.74, 6) is 0. The van der Waals surface area contributed by atoms with E-state index in [-0.39, 0.29) is 0 Å². The molecule has 0 saturated heterocycles. The predicted octanol–water partition coefficient (Wildman–Crippen LogP) is 4.05. The summed E-state index contributed by atoms with van der Waals surface area (Å²) in [6.07, 6.45) is 10.3. The fourth-order valence-electron chi connectivity index (χ4n) is 2.22. The molecule has 0 aromatic carbocycles. The molecule has 1 aromatic heterocycles. The number of hydrogen-bond acceptors (Lipinski definition) is 2. The Hall–Kier alpha value is -0.830. The van der Waals surface area contributed by atoms with E-state index >= 15 is 0 Å². The van der Waals surface area contributed by atoms with Gasteiger partial charge in [-0.3, -0.25) is 4.68 Å². The fraction of sp³-hybridized carbons (Fsp3) is 0.812. The molecule has 0 aliphatic carbocycles. The second-order valence-corrected chi connectivity index (χ2v) is 5.81. The molecular weight excluding hydrogens is 234 g/mol. The average molecular weight is 265 g/mol. The topological polar surface area (TPSA) is 29.9 Å². The maximum absolute atomic E-state index is 4.60. The number of rotatable bonds is 10. The fourth-order valence-corrected chi connectivity index (χ4v) is 2.22. The number of nitrogens with zero attached hydrogens (tertiary/aromatic N) is 2. The highest BCUT2D eigenvalue weighted by molar-refractivity contribution is 5.15. The zero-order chi connectivity index (χ0) is 14.1. The van der Waals surface area contributed by atoms with Gasteiger partial charge in [-0.05, 0) is 13.3 Å². The van der Waals surface area contributed by atoms with Crippen molar-refractivity contribution in [2.75, 3.05) is 0 Å². The molecule has 0 aliphatic rings. The highest BCUT2D eigenvalue weighted by Crippen LogP contribution is 2.09. The van der Waals surface area contributed by atoms with Crippen LogP contribution in [0.2, 0.25) is 0 Å². The zero-order valence-corrected chi connectivity index (χ0v) is 13.2. The van der Waals surface area contributed by atoms with Crippen LogP contribution in [-0.2, 0) is 13.1 Å². The first-order valence-electron chi connectivity index (χ1n) is 7.89. The van der Waals surface area contributed by atoms with Gasteiger partial charge in [-0.1, -0.05) is 52.9 Å². The second kappa shape index (κ2) is 9.13. The van der Waals surface area contributed by atoms with Gasteiger partial charge in [0, 0.05) is 30.9 Å². The van der Waals surface area contributed by atoms with E-state index in [0.717, 1.165) is 13.1 Å². The van der Waals surface area contributed by atoms with Crippen LogP contribution in [0, 0.1) is 6.92 Å². The smallest absolute Gasteiger partial charge is 0.0638 e. The van der Waals surface area contributed by atoms with Crippen LogP contribution in [0.5, 0.6) is 0 Å². The van der Waals surface area contributed by atoms with Gasteiger partial charge in [-0.25, -0.2) is 0 Å². The summed E-state index contributed by atoms with van der Waals surface area (Å²) >= 11 is 0. The molecular formula is C16H31N3. The average Bonchev–Trinajstić information content (AvgIpc) is 2.72. The molecule has 0 fully saturated rings. The van der Waals surface area contributed by atoms with Crippen LogP contribution >= 0.6 is 0 Å². The summed E-state index contributed by atoms with van der Waals surface area (Å²) in [5.41, 5.74) is 2.50. The highest BCUT2D eigenvalue weighted by atomic mass is 15.3. The molecule has 1 aromatic rings. The second-order valence-electron chi connectivity index (χ2n) is 5.81. The SMILES string of the molecule is CCCCCCCCn1cc(CNC(C)C)c(C)n1. The first-order valence-corrected chi connectivity index (χ1v) is 7.89. The largest absolute Gasteiger partial charge is 0.310 e. The van der Waals surface area contributed by atoms with Gasteiger partial charge in [0.2, 0.25) is 0 Å². The molecule has 0 spiro atoms. The number of unbranched alkanes of at least 4 members (excludes halogenated alkanes) is 5. The van der Waals surface area contributed by atoms with Crippen molar-refractivity contribution >= 4 is 0 Å². The van der Waals surface area contributed by atoms with Crippen molar-refractivity contribution in [1.29, 1.82) is 0 Å². The van der Waals surface area contributed by atoms with E-state index in [2.05, 4.69) is 49.0 Å². The van der Waals surface area contributed by atoms with Gasteiger partial charge >= 0.3 is 0 Å². The van der Waals surface area contributed by atoms with E-state index in [9.17, 15) is 0 Å². The van der Waals surface area contributed by atoms with Crippen LogP contribution in [0.4, 0.5) is 0 Å². The van der Waals surface area contributed by atoms with Crippen LogP contribution < -0.4 is 5.32 Å². The summed E-state index contributed by atoms with van der Waals surface area (Å²) in [6, 6.07) is 0.529. The van der Waals surface area contributed by atoms with Crippen molar-refractivity contribution in [1.82, 2.24) is 15.1 Å². The first-order chi connectivity index (χ1) is 9.13. The summed E-state index contributed by atoms with van der Waals surface area (Å²) in [7, 11) is 0. The lowest BCUT2D eigenvalue weighted by molar-refractivity contribution is 0.525. The van der Waals surface area contributed by atoms with Gasteiger partial charge in [-0.15, -0.1) is 0 Å². The molecule has 19 heavy (non-hydrogen) atoms. The van der Waals surface area contributed by atoms with E-state index < -0.39 is 0 Å². The van der Waals surface area contributed by atoms with Crippen LogP contribution in [0.3, 0.4) is 0 Å².